The fourth-order valence-electron chi connectivity index (χ4n) is 2.76. The molecule has 0 aromatic heterocycles. The van der Waals surface area contributed by atoms with E-state index in [1.54, 1.807) is 0 Å². The fourth-order valence-corrected chi connectivity index (χ4v) is 3.37. The Morgan fingerprint density at radius 3 is 2.60 bits per heavy atom. The minimum Gasteiger partial charge on any atom is -0.341 e. The van der Waals surface area contributed by atoms with Gasteiger partial charge in [-0.15, -0.1) is 0 Å². The lowest BCUT2D eigenvalue weighted by Crippen LogP contribution is -2.44. The van der Waals surface area contributed by atoms with E-state index < -0.39 is 0 Å². The van der Waals surface area contributed by atoms with Crippen molar-refractivity contribution in [1.29, 1.82) is 0 Å². The topological polar surface area (TPSA) is 20.3 Å². The van der Waals surface area contributed by atoms with Gasteiger partial charge >= 0.3 is 0 Å². The summed E-state index contributed by atoms with van der Waals surface area (Å²) in [6.45, 7) is 2.00. The molecule has 1 saturated carbocycles. The maximum Gasteiger partial charge on any atom is 0.236 e. The molecule has 0 spiro atoms. The maximum absolute atomic E-state index is 11.9. The lowest BCUT2D eigenvalue weighted by Gasteiger charge is -2.34. The third kappa shape index (κ3) is 2.96. The first kappa shape index (κ1) is 11.4. The Labute approximate surface area is 101 Å². The molecule has 0 bridgehead atoms. The summed E-state index contributed by atoms with van der Waals surface area (Å²) in [5.41, 5.74) is 0. The molecule has 3 heteroatoms. The molecule has 0 radical (unpaired) electrons. The van der Waals surface area contributed by atoms with Gasteiger partial charge in [0.05, 0.1) is 4.83 Å². The number of rotatable bonds is 2. The standard InChI is InChI=1S/C12H20BrNO/c13-11-7-4-8-14(12(11)15)9-10-5-2-1-3-6-10/h10-11H,1-9H2. The van der Waals surface area contributed by atoms with Crippen LogP contribution in [0.4, 0.5) is 0 Å². The molecule has 1 aliphatic carbocycles. The molecule has 0 aromatic rings. The highest BCUT2D eigenvalue weighted by atomic mass is 79.9. The van der Waals surface area contributed by atoms with Crippen molar-refractivity contribution in [3.8, 4) is 0 Å². The number of halogens is 1. The lowest BCUT2D eigenvalue weighted by molar-refractivity contribution is -0.133. The predicted molar refractivity (Wildman–Crippen MR) is 65.1 cm³/mol. The number of likely N-dealkylation sites (tertiary alicyclic amines) is 1. The minimum atomic E-state index is 0.0924. The van der Waals surface area contributed by atoms with Crippen LogP contribution >= 0.6 is 15.9 Å². The van der Waals surface area contributed by atoms with Crippen LogP contribution in [-0.2, 0) is 4.79 Å². The molecular formula is C12H20BrNO. The Balaban J connectivity index is 1.84. The molecule has 1 atom stereocenters. The highest BCUT2D eigenvalue weighted by Gasteiger charge is 2.28. The number of piperidine rings is 1. The molecule has 0 aromatic carbocycles. The molecule has 86 valence electrons. The summed E-state index contributed by atoms with van der Waals surface area (Å²) in [6.07, 6.45) is 8.96. The summed E-state index contributed by atoms with van der Waals surface area (Å²) in [4.78, 5) is 14.1. The van der Waals surface area contributed by atoms with Crippen LogP contribution in [0.3, 0.4) is 0 Å². The Bertz CT molecular complexity index is 226. The predicted octanol–water partition coefficient (Wildman–Crippen LogP) is 2.95. The van der Waals surface area contributed by atoms with Gasteiger partial charge in [0.15, 0.2) is 0 Å². The van der Waals surface area contributed by atoms with E-state index in [1.807, 2.05) is 0 Å². The van der Waals surface area contributed by atoms with Crippen molar-refractivity contribution in [3.05, 3.63) is 0 Å². The minimum absolute atomic E-state index is 0.0924. The van der Waals surface area contributed by atoms with Crippen LogP contribution in [0.15, 0.2) is 0 Å². The van der Waals surface area contributed by atoms with Crippen LogP contribution in [0.25, 0.3) is 0 Å². The monoisotopic (exact) mass is 273 g/mol. The smallest absolute Gasteiger partial charge is 0.236 e. The quantitative estimate of drug-likeness (QED) is 0.709. The summed E-state index contributed by atoms with van der Waals surface area (Å²) in [5, 5.41) is 0. The summed E-state index contributed by atoms with van der Waals surface area (Å²) in [6, 6.07) is 0. The van der Waals surface area contributed by atoms with Crippen molar-refractivity contribution in [2.45, 2.75) is 49.8 Å². The number of hydrogen-bond acceptors (Lipinski definition) is 1. The van der Waals surface area contributed by atoms with Crippen LogP contribution in [0.5, 0.6) is 0 Å². The van der Waals surface area contributed by atoms with Gasteiger partial charge in [-0.3, -0.25) is 4.79 Å². The number of carbonyl (C=O) groups excluding carboxylic acids is 1. The molecule has 1 amide bonds. The zero-order valence-electron chi connectivity index (χ0n) is 9.25. The molecule has 2 fully saturated rings. The van der Waals surface area contributed by atoms with E-state index in [-0.39, 0.29) is 4.83 Å². The van der Waals surface area contributed by atoms with Gasteiger partial charge in [0.25, 0.3) is 0 Å². The summed E-state index contributed by atoms with van der Waals surface area (Å²) in [5.74, 6) is 1.10. The summed E-state index contributed by atoms with van der Waals surface area (Å²) in [7, 11) is 0. The Hall–Kier alpha value is -0.0500. The van der Waals surface area contributed by atoms with E-state index in [0.29, 0.717) is 5.91 Å². The van der Waals surface area contributed by atoms with Gasteiger partial charge in [-0.05, 0) is 31.6 Å². The normalized spacial score (nSPS) is 29.5. The Morgan fingerprint density at radius 1 is 1.13 bits per heavy atom. The average Bonchev–Trinajstić information content (AvgIpc) is 2.26. The molecule has 2 nitrogen and oxygen atoms in total. The number of hydrogen-bond donors (Lipinski definition) is 0. The maximum atomic E-state index is 11.9. The largest absolute Gasteiger partial charge is 0.341 e. The van der Waals surface area contributed by atoms with Gasteiger partial charge in [0, 0.05) is 13.1 Å². The van der Waals surface area contributed by atoms with E-state index in [4.69, 9.17) is 0 Å². The molecule has 1 unspecified atom stereocenters. The number of carbonyl (C=O) groups is 1. The first-order valence-corrected chi connectivity index (χ1v) is 7.12. The average molecular weight is 274 g/mol. The van der Waals surface area contributed by atoms with E-state index >= 15 is 0 Å². The van der Waals surface area contributed by atoms with Crippen LogP contribution < -0.4 is 0 Å². The third-order valence-corrected chi connectivity index (χ3v) is 4.52. The second kappa shape index (κ2) is 5.33. The van der Waals surface area contributed by atoms with Gasteiger partial charge in [-0.25, -0.2) is 0 Å². The van der Waals surface area contributed by atoms with E-state index in [1.165, 1.54) is 32.1 Å². The van der Waals surface area contributed by atoms with Gasteiger partial charge in [0.1, 0.15) is 0 Å². The van der Waals surface area contributed by atoms with Crippen molar-refractivity contribution in [3.63, 3.8) is 0 Å². The van der Waals surface area contributed by atoms with E-state index in [2.05, 4.69) is 20.8 Å². The van der Waals surface area contributed by atoms with Crippen LogP contribution in [-0.4, -0.2) is 28.7 Å². The van der Waals surface area contributed by atoms with Gasteiger partial charge in [-0.1, -0.05) is 35.2 Å². The molecule has 15 heavy (non-hydrogen) atoms. The number of amides is 1. The SMILES string of the molecule is O=C1C(Br)CCCN1CC1CCCCC1. The molecular weight excluding hydrogens is 254 g/mol. The van der Waals surface area contributed by atoms with Gasteiger partial charge in [0.2, 0.25) is 5.91 Å². The lowest BCUT2D eigenvalue weighted by atomic mass is 9.88. The van der Waals surface area contributed by atoms with Crippen LogP contribution in [0.1, 0.15) is 44.9 Å². The van der Waals surface area contributed by atoms with Gasteiger partial charge < -0.3 is 4.90 Å². The molecule has 2 rings (SSSR count). The van der Waals surface area contributed by atoms with Crippen LogP contribution in [0, 0.1) is 5.92 Å². The highest BCUT2D eigenvalue weighted by molar-refractivity contribution is 9.10. The molecule has 1 saturated heterocycles. The number of alkyl halides is 1. The Kier molecular flexibility index (Phi) is 4.06. The second-order valence-corrected chi connectivity index (χ2v) is 6.00. The first-order chi connectivity index (χ1) is 7.27. The Morgan fingerprint density at radius 2 is 1.87 bits per heavy atom. The zero-order chi connectivity index (χ0) is 10.7. The fraction of sp³-hybridized carbons (Fsp3) is 0.917. The van der Waals surface area contributed by atoms with E-state index in [9.17, 15) is 4.79 Å². The van der Waals surface area contributed by atoms with Crippen molar-refractivity contribution in [1.82, 2.24) is 4.90 Å². The molecule has 1 aliphatic heterocycles. The number of nitrogens with zero attached hydrogens (tertiary/aromatic N) is 1. The highest BCUT2D eigenvalue weighted by Crippen LogP contribution is 2.26. The van der Waals surface area contributed by atoms with E-state index in [0.717, 1.165) is 31.8 Å². The summed E-state index contributed by atoms with van der Waals surface area (Å²) < 4.78 is 0. The third-order valence-electron chi connectivity index (χ3n) is 3.67. The first-order valence-electron chi connectivity index (χ1n) is 6.20. The van der Waals surface area contributed by atoms with Crippen molar-refractivity contribution >= 4 is 21.8 Å². The molecule has 0 N–H and O–H groups in total. The van der Waals surface area contributed by atoms with Gasteiger partial charge in [-0.2, -0.15) is 0 Å². The van der Waals surface area contributed by atoms with Crippen LogP contribution in [0.2, 0.25) is 0 Å². The summed E-state index contributed by atoms with van der Waals surface area (Å²) >= 11 is 3.47. The van der Waals surface area contributed by atoms with Crippen molar-refractivity contribution in [2.24, 2.45) is 5.92 Å². The van der Waals surface area contributed by atoms with Crippen molar-refractivity contribution < 1.29 is 4.79 Å². The molecule has 2 aliphatic rings. The van der Waals surface area contributed by atoms with Crippen molar-refractivity contribution in [2.75, 3.05) is 13.1 Å². The molecule has 1 heterocycles. The zero-order valence-corrected chi connectivity index (χ0v) is 10.8. The second-order valence-electron chi connectivity index (χ2n) is 4.90.